The first-order chi connectivity index (χ1) is 16.4. The smallest absolute Gasteiger partial charge is 0.415 e. The van der Waals surface area contributed by atoms with Crippen molar-refractivity contribution < 1.29 is 9.66 Å². The van der Waals surface area contributed by atoms with Crippen LogP contribution in [0.25, 0.3) is 6.08 Å². The highest BCUT2D eigenvalue weighted by molar-refractivity contribution is 5.85. The number of hydrazone groups is 1. The number of imidazole rings is 1. The minimum Gasteiger partial charge on any atom is -0.436 e. The Balaban J connectivity index is 1.29. The quantitative estimate of drug-likeness (QED) is 0.226. The van der Waals surface area contributed by atoms with E-state index in [9.17, 15) is 10.1 Å². The molecule has 0 spiro atoms. The molecule has 0 bridgehead atoms. The van der Waals surface area contributed by atoms with E-state index in [1.165, 1.54) is 36.6 Å². The molecule has 0 aliphatic carbocycles. The van der Waals surface area contributed by atoms with Crippen LogP contribution in [0.1, 0.15) is 45.1 Å². The fourth-order valence-electron chi connectivity index (χ4n) is 4.52. The minimum atomic E-state index is -0.490. The lowest BCUT2D eigenvalue weighted by Gasteiger charge is -2.36. The first-order valence-corrected chi connectivity index (χ1v) is 12.1. The van der Waals surface area contributed by atoms with E-state index in [0.717, 1.165) is 39.1 Å². The fourth-order valence-corrected chi connectivity index (χ4v) is 4.52. The van der Waals surface area contributed by atoms with Crippen molar-refractivity contribution in [3.8, 4) is 6.01 Å². The predicted octanol–water partition coefficient (Wildman–Crippen LogP) is 4.21. The molecule has 9 nitrogen and oxygen atoms in total. The van der Waals surface area contributed by atoms with Gasteiger partial charge in [0.05, 0.1) is 12.8 Å². The number of allylic oxidation sites excluding steroid dienone is 1. The van der Waals surface area contributed by atoms with Crippen LogP contribution in [0, 0.1) is 10.1 Å². The van der Waals surface area contributed by atoms with E-state index in [-0.39, 0.29) is 5.82 Å². The van der Waals surface area contributed by atoms with Gasteiger partial charge in [-0.1, -0.05) is 56.2 Å². The number of fused-ring (bicyclic) bond motifs is 1. The Hall–Kier alpha value is -3.20. The highest BCUT2D eigenvalue weighted by Crippen LogP contribution is 2.31. The molecule has 0 saturated carbocycles. The monoisotopic (exact) mass is 466 g/mol. The predicted molar refractivity (Wildman–Crippen MR) is 133 cm³/mol. The second-order valence-corrected chi connectivity index (χ2v) is 9.38. The third kappa shape index (κ3) is 6.22. The minimum absolute atomic E-state index is 0.168. The lowest BCUT2D eigenvalue weighted by molar-refractivity contribution is -0.389. The van der Waals surface area contributed by atoms with Gasteiger partial charge in [-0.25, -0.2) is 0 Å². The Kier molecular flexibility index (Phi) is 7.62. The Labute approximate surface area is 200 Å². The summed E-state index contributed by atoms with van der Waals surface area (Å²) in [5, 5.41) is 17.9. The average molecular weight is 467 g/mol. The molecular weight excluding hydrogens is 432 g/mol. The number of rotatable bonds is 10. The van der Waals surface area contributed by atoms with Gasteiger partial charge in [0.15, 0.2) is 0 Å². The van der Waals surface area contributed by atoms with Crippen LogP contribution in [0.3, 0.4) is 0 Å². The maximum Gasteiger partial charge on any atom is 0.415 e. The van der Waals surface area contributed by atoms with Gasteiger partial charge >= 0.3 is 11.8 Å². The lowest BCUT2D eigenvalue weighted by atomic mass is 10.1. The number of unbranched alkanes of at least 4 members (excludes halogenated alkanes) is 2. The van der Waals surface area contributed by atoms with Crippen LogP contribution in [0.4, 0.5) is 5.82 Å². The van der Waals surface area contributed by atoms with Gasteiger partial charge in [-0.3, -0.25) is 14.5 Å². The molecular formula is C25H34N6O3. The van der Waals surface area contributed by atoms with E-state index in [1.54, 1.807) is 4.57 Å². The van der Waals surface area contributed by atoms with Crippen molar-refractivity contribution in [3.63, 3.8) is 0 Å². The highest BCUT2D eigenvalue weighted by atomic mass is 16.6. The summed E-state index contributed by atoms with van der Waals surface area (Å²) in [5.74, 6) is -0.168. The van der Waals surface area contributed by atoms with Gasteiger partial charge in [-0.15, -0.1) is 0 Å². The summed E-state index contributed by atoms with van der Waals surface area (Å²) in [6, 6.07) is 10.8. The first-order valence-electron chi connectivity index (χ1n) is 12.1. The van der Waals surface area contributed by atoms with Crippen molar-refractivity contribution in [1.82, 2.24) is 19.5 Å². The normalized spacial score (nSPS) is 21.1. The van der Waals surface area contributed by atoms with E-state index in [4.69, 9.17) is 9.84 Å². The Morgan fingerprint density at radius 2 is 2.00 bits per heavy atom. The molecule has 0 radical (unpaired) electrons. The van der Waals surface area contributed by atoms with Gasteiger partial charge in [0.25, 0.3) is 0 Å². The molecule has 1 unspecified atom stereocenters. The van der Waals surface area contributed by atoms with Crippen LogP contribution < -0.4 is 4.74 Å². The zero-order valence-electron chi connectivity index (χ0n) is 20.1. The second kappa shape index (κ2) is 10.8. The molecule has 182 valence electrons. The van der Waals surface area contributed by atoms with E-state index < -0.39 is 10.5 Å². The first kappa shape index (κ1) is 23.9. The number of benzene rings is 1. The number of hydrogen-bond donors (Lipinski definition) is 0. The molecule has 2 aliphatic heterocycles. The number of ether oxygens (including phenoxy) is 1. The summed E-state index contributed by atoms with van der Waals surface area (Å²) in [6.45, 7) is 9.08. The van der Waals surface area contributed by atoms with Crippen LogP contribution in [-0.2, 0) is 6.54 Å². The Bertz CT molecular complexity index is 1000. The average Bonchev–Trinajstić information content (AvgIpc) is 3.34. The lowest BCUT2D eigenvalue weighted by Crippen LogP contribution is -2.51. The van der Waals surface area contributed by atoms with Crippen LogP contribution in [0.15, 0.2) is 47.2 Å². The molecule has 34 heavy (non-hydrogen) atoms. The molecule has 0 N–H and O–H groups in total. The number of nitrogens with zero attached hydrogens (tertiary/aromatic N) is 6. The van der Waals surface area contributed by atoms with Gasteiger partial charge in [-0.05, 0) is 35.8 Å². The summed E-state index contributed by atoms with van der Waals surface area (Å²) in [6.07, 6.45) is 10.4. The topological polar surface area (TPSA) is 89.0 Å². The van der Waals surface area contributed by atoms with Gasteiger partial charge in [-0.2, -0.15) is 5.10 Å². The Morgan fingerprint density at radius 1 is 1.24 bits per heavy atom. The van der Waals surface area contributed by atoms with Crippen molar-refractivity contribution in [1.29, 1.82) is 0 Å². The fraction of sp³-hybridized carbons (Fsp3) is 0.520. The van der Waals surface area contributed by atoms with Crippen molar-refractivity contribution in [2.45, 2.75) is 51.7 Å². The molecule has 2 aliphatic rings. The summed E-state index contributed by atoms with van der Waals surface area (Å²) in [4.78, 5) is 16.8. The molecule has 1 saturated heterocycles. The summed E-state index contributed by atoms with van der Waals surface area (Å²) < 4.78 is 7.73. The summed E-state index contributed by atoms with van der Waals surface area (Å²) in [5.41, 5.74) is 2.03. The van der Waals surface area contributed by atoms with Gasteiger partial charge in [0.2, 0.25) is 0 Å². The molecule has 9 heteroatoms. The number of aromatic nitrogens is 2. The number of hydrogen-bond acceptors (Lipinski definition) is 7. The third-order valence-electron chi connectivity index (χ3n) is 6.27. The number of nitro groups is 1. The van der Waals surface area contributed by atoms with Crippen molar-refractivity contribution in [3.05, 3.63) is 57.8 Å². The highest BCUT2D eigenvalue weighted by Gasteiger charge is 2.41. The largest absolute Gasteiger partial charge is 0.436 e. The third-order valence-corrected chi connectivity index (χ3v) is 6.27. The van der Waals surface area contributed by atoms with E-state index >= 15 is 0 Å². The van der Waals surface area contributed by atoms with Gasteiger partial charge < -0.3 is 14.9 Å². The van der Waals surface area contributed by atoms with Crippen LogP contribution in [0.2, 0.25) is 0 Å². The van der Waals surface area contributed by atoms with Gasteiger partial charge in [0.1, 0.15) is 11.8 Å². The summed E-state index contributed by atoms with van der Waals surface area (Å²) in [7, 11) is 0. The molecule has 1 aromatic carbocycles. The van der Waals surface area contributed by atoms with Crippen LogP contribution in [-0.4, -0.2) is 68.9 Å². The molecule has 1 aromatic heterocycles. The maximum atomic E-state index is 10.9. The molecule has 1 fully saturated rings. The molecule has 0 amide bonds. The van der Waals surface area contributed by atoms with Crippen molar-refractivity contribution >= 4 is 18.1 Å². The van der Waals surface area contributed by atoms with E-state index in [2.05, 4.69) is 52.2 Å². The zero-order valence-corrected chi connectivity index (χ0v) is 20.1. The van der Waals surface area contributed by atoms with Crippen molar-refractivity contribution in [2.24, 2.45) is 5.10 Å². The molecule has 4 rings (SSSR count). The van der Waals surface area contributed by atoms with E-state index in [0.29, 0.717) is 12.6 Å². The molecule has 1 atom stereocenters. The van der Waals surface area contributed by atoms with Crippen LogP contribution >= 0.6 is 0 Å². The van der Waals surface area contributed by atoms with Gasteiger partial charge in [0, 0.05) is 37.7 Å². The Morgan fingerprint density at radius 3 is 2.68 bits per heavy atom. The molecule has 2 aromatic rings. The van der Waals surface area contributed by atoms with E-state index in [1.807, 2.05) is 19.2 Å². The standard InChI is InChI=1S/C25H34N6O3/c1-3-4-6-11-22(16-21-9-7-5-8-10-21)17-26-30-14-12-28(13-15-30)19-25(2)20-29-18-23(31(32)33)27-24(29)34-25/h5,7-10,16-18H,3-4,6,11-15,19-20H2,1-2H3/b22-16+,26-17+. The molecule has 3 heterocycles. The second-order valence-electron chi connectivity index (χ2n) is 9.38. The number of piperazine rings is 1. The van der Waals surface area contributed by atoms with Crippen molar-refractivity contribution in [2.75, 3.05) is 32.7 Å². The summed E-state index contributed by atoms with van der Waals surface area (Å²) >= 11 is 0. The zero-order chi connectivity index (χ0) is 24.0. The SMILES string of the molecule is CCCCCC(/C=N/N1CCN(CC2(C)Cn3cc([N+](=O)[O-])nc3O2)CC1)=C\c1ccccc1. The van der Waals surface area contributed by atoms with Crippen LogP contribution in [0.5, 0.6) is 6.01 Å². The maximum absolute atomic E-state index is 10.9.